The van der Waals surface area contributed by atoms with Gasteiger partial charge in [0.25, 0.3) is 0 Å². The van der Waals surface area contributed by atoms with Crippen LogP contribution >= 0.6 is 0 Å². The molecule has 0 aromatic heterocycles. The van der Waals surface area contributed by atoms with Gasteiger partial charge in [-0.1, -0.05) is 51.3 Å². The van der Waals surface area contributed by atoms with Crippen molar-refractivity contribution in [2.24, 2.45) is 0 Å². The SMILES string of the molecule is C=C/C=C\C=C(/C=C)S(C)(=O)=O.CC. The van der Waals surface area contributed by atoms with E-state index >= 15 is 0 Å². The van der Waals surface area contributed by atoms with Gasteiger partial charge >= 0.3 is 0 Å². The summed E-state index contributed by atoms with van der Waals surface area (Å²) in [7, 11) is -3.14. The number of hydrogen-bond donors (Lipinski definition) is 0. The fourth-order valence-electron chi connectivity index (χ4n) is 0.572. The molecule has 0 rings (SSSR count). The average Bonchev–Trinajstić information content (AvgIpc) is 2.14. The molecule has 0 N–H and O–H groups in total. The molecule has 0 aromatic carbocycles. The second-order valence-electron chi connectivity index (χ2n) is 2.17. The topological polar surface area (TPSA) is 34.1 Å². The molecule has 0 spiro atoms. The van der Waals surface area contributed by atoms with E-state index in [2.05, 4.69) is 13.2 Å². The molecule has 3 heteroatoms. The zero-order valence-electron chi connectivity index (χ0n) is 9.03. The molecule has 0 saturated heterocycles. The van der Waals surface area contributed by atoms with E-state index in [-0.39, 0.29) is 4.91 Å². The Kier molecular flexibility index (Phi) is 9.35. The second-order valence-corrected chi connectivity index (χ2v) is 4.18. The lowest BCUT2D eigenvalue weighted by molar-refractivity contribution is 0.608. The minimum Gasteiger partial charge on any atom is -0.224 e. The molecule has 0 amide bonds. The number of allylic oxidation sites excluding steroid dienone is 5. The van der Waals surface area contributed by atoms with Gasteiger partial charge in [0.2, 0.25) is 0 Å². The van der Waals surface area contributed by atoms with Gasteiger partial charge in [-0.05, 0) is 6.08 Å². The average molecular weight is 214 g/mol. The van der Waals surface area contributed by atoms with Crippen LogP contribution in [0.15, 0.2) is 48.4 Å². The van der Waals surface area contributed by atoms with Crippen molar-refractivity contribution >= 4 is 9.84 Å². The molecule has 0 aliphatic heterocycles. The normalized spacial score (nSPS) is 11.8. The minimum absolute atomic E-state index is 0.209. The van der Waals surface area contributed by atoms with Crippen molar-refractivity contribution in [3.63, 3.8) is 0 Å². The summed E-state index contributed by atoms with van der Waals surface area (Å²) >= 11 is 0. The predicted octanol–water partition coefficient (Wildman–Crippen LogP) is 2.87. The predicted molar refractivity (Wildman–Crippen MR) is 63.8 cm³/mol. The van der Waals surface area contributed by atoms with Gasteiger partial charge in [0.1, 0.15) is 0 Å². The summed E-state index contributed by atoms with van der Waals surface area (Å²) in [5.74, 6) is 0. The van der Waals surface area contributed by atoms with Crippen molar-refractivity contribution in [2.75, 3.05) is 6.26 Å². The molecule has 0 unspecified atom stereocenters. The van der Waals surface area contributed by atoms with Crippen LogP contribution in [0.25, 0.3) is 0 Å². The van der Waals surface area contributed by atoms with Gasteiger partial charge < -0.3 is 0 Å². The third-order valence-corrected chi connectivity index (χ3v) is 2.30. The molecular weight excluding hydrogens is 196 g/mol. The first-order valence-corrected chi connectivity index (χ1v) is 6.23. The van der Waals surface area contributed by atoms with Crippen molar-refractivity contribution < 1.29 is 8.42 Å². The van der Waals surface area contributed by atoms with Crippen LogP contribution in [-0.2, 0) is 9.84 Å². The van der Waals surface area contributed by atoms with E-state index in [0.717, 1.165) is 6.26 Å². The highest BCUT2D eigenvalue weighted by molar-refractivity contribution is 7.94. The summed E-state index contributed by atoms with van der Waals surface area (Å²) < 4.78 is 21.9. The summed E-state index contributed by atoms with van der Waals surface area (Å²) in [6.07, 6.45) is 8.74. The van der Waals surface area contributed by atoms with Gasteiger partial charge in [-0.25, -0.2) is 8.42 Å². The molecular formula is C11H18O2S. The number of rotatable bonds is 4. The van der Waals surface area contributed by atoms with E-state index < -0.39 is 9.84 Å². The summed E-state index contributed by atoms with van der Waals surface area (Å²) in [4.78, 5) is 0.209. The molecule has 14 heavy (non-hydrogen) atoms. The Hall–Kier alpha value is -1.09. The smallest absolute Gasteiger partial charge is 0.175 e. The Balaban J connectivity index is 0. The molecule has 0 aromatic rings. The Morgan fingerprint density at radius 1 is 1.14 bits per heavy atom. The van der Waals surface area contributed by atoms with Crippen LogP contribution in [0.4, 0.5) is 0 Å². The molecule has 80 valence electrons. The Labute approximate surface area is 87.3 Å². The third-order valence-electron chi connectivity index (χ3n) is 1.14. The van der Waals surface area contributed by atoms with Crippen LogP contribution in [0.2, 0.25) is 0 Å². The van der Waals surface area contributed by atoms with Crippen molar-refractivity contribution in [1.82, 2.24) is 0 Å². The molecule has 0 atom stereocenters. The highest BCUT2D eigenvalue weighted by Crippen LogP contribution is 2.04. The van der Waals surface area contributed by atoms with Crippen LogP contribution in [-0.4, -0.2) is 14.7 Å². The van der Waals surface area contributed by atoms with Gasteiger partial charge in [0.15, 0.2) is 9.84 Å². The van der Waals surface area contributed by atoms with Crippen molar-refractivity contribution in [2.45, 2.75) is 13.8 Å². The highest BCUT2D eigenvalue weighted by atomic mass is 32.2. The fraction of sp³-hybridized carbons (Fsp3) is 0.273. The molecule has 0 radical (unpaired) electrons. The maximum atomic E-state index is 11.0. The van der Waals surface area contributed by atoms with Gasteiger partial charge in [0, 0.05) is 6.26 Å². The third kappa shape index (κ3) is 7.55. The Morgan fingerprint density at radius 3 is 1.93 bits per heavy atom. The molecule has 0 saturated carbocycles. The zero-order valence-corrected chi connectivity index (χ0v) is 9.84. The van der Waals surface area contributed by atoms with Crippen LogP contribution in [0.1, 0.15) is 13.8 Å². The van der Waals surface area contributed by atoms with Crippen LogP contribution in [0.5, 0.6) is 0 Å². The van der Waals surface area contributed by atoms with Crippen LogP contribution in [0, 0.1) is 0 Å². The summed E-state index contributed by atoms with van der Waals surface area (Å²) in [6.45, 7) is 10.9. The fourth-order valence-corrected chi connectivity index (χ4v) is 1.20. The first kappa shape index (κ1) is 15.4. The van der Waals surface area contributed by atoms with Gasteiger partial charge in [-0.3, -0.25) is 0 Å². The lowest BCUT2D eigenvalue weighted by atomic mass is 10.4. The summed E-state index contributed by atoms with van der Waals surface area (Å²) in [5.41, 5.74) is 0. The van der Waals surface area contributed by atoms with Gasteiger partial charge in [0.05, 0.1) is 4.91 Å². The second kappa shape index (κ2) is 8.51. The first-order chi connectivity index (χ1) is 6.52. The molecule has 0 bridgehead atoms. The number of sulfone groups is 1. The minimum atomic E-state index is -3.14. The van der Waals surface area contributed by atoms with Gasteiger partial charge in [-0.15, -0.1) is 0 Å². The largest absolute Gasteiger partial charge is 0.224 e. The van der Waals surface area contributed by atoms with E-state index in [9.17, 15) is 8.42 Å². The zero-order chi connectivity index (χ0) is 11.6. The molecule has 0 aliphatic rings. The highest BCUT2D eigenvalue weighted by Gasteiger charge is 2.04. The van der Waals surface area contributed by atoms with Crippen molar-refractivity contribution in [3.05, 3.63) is 48.4 Å². The summed E-state index contributed by atoms with van der Waals surface area (Å²) in [6, 6.07) is 0. The van der Waals surface area contributed by atoms with E-state index in [1.54, 1.807) is 18.2 Å². The lowest BCUT2D eigenvalue weighted by Crippen LogP contribution is -1.97. The van der Waals surface area contributed by atoms with Crippen LogP contribution in [0.3, 0.4) is 0 Å². The van der Waals surface area contributed by atoms with Crippen molar-refractivity contribution in [3.8, 4) is 0 Å². The van der Waals surface area contributed by atoms with E-state index in [1.165, 1.54) is 12.2 Å². The van der Waals surface area contributed by atoms with Crippen LogP contribution < -0.4 is 0 Å². The molecule has 0 aliphatic carbocycles. The van der Waals surface area contributed by atoms with E-state index in [4.69, 9.17) is 0 Å². The van der Waals surface area contributed by atoms with E-state index in [1.807, 2.05) is 13.8 Å². The van der Waals surface area contributed by atoms with Gasteiger partial charge in [-0.2, -0.15) is 0 Å². The Bertz CT molecular complexity index is 319. The lowest BCUT2D eigenvalue weighted by Gasteiger charge is -1.94. The molecule has 2 nitrogen and oxygen atoms in total. The Morgan fingerprint density at radius 2 is 1.64 bits per heavy atom. The molecule has 0 fully saturated rings. The molecule has 0 heterocycles. The van der Waals surface area contributed by atoms with Crippen molar-refractivity contribution in [1.29, 1.82) is 0 Å². The quantitative estimate of drug-likeness (QED) is 0.674. The summed E-state index contributed by atoms with van der Waals surface area (Å²) in [5, 5.41) is 0. The maximum absolute atomic E-state index is 11.0. The first-order valence-electron chi connectivity index (χ1n) is 4.34. The monoisotopic (exact) mass is 214 g/mol. The standard InChI is InChI=1S/C9H12O2S.C2H6/c1-4-6-7-8-9(5-2)12(3,10)11;1-2/h4-8H,1-2H2,3H3;1-2H3/b7-6-,9-8+;. The number of hydrogen-bond acceptors (Lipinski definition) is 2. The maximum Gasteiger partial charge on any atom is 0.175 e. The van der Waals surface area contributed by atoms with E-state index in [0.29, 0.717) is 0 Å².